The molecule has 1 atom stereocenters. The molecule has 0 saturated heterocycles. The second kappa shape index (κ2) is 9.59. The Morgan fingerprint density at radius 1 is 1.28 bits per heavy atom. The molecule has 5 nitrogen and oxygen atoms in total. The fourth-order valence-corrected chi connectivity index (χ4v) is 2.40. The van der Waals surface area contributed by atoms with Gasteiger partial charge in [-0.25, -0.2) is 4.79 Å². The van der Waals surface area contributed by atoms with Gasteiger partial charge in [-0.15, -0.1) is 0 Å². The van der Waals surface area contributed by atoms with Crippen LogP contribution in [0.1, 0.15) is 25.1 Å². The quantitative estimate of drug-likeness (QED) is 0.825. The average Bonchev–Trinajstić information content (AvgIpc) is 2.61. The molecule has 0 aliphatic rings. The molecule has 1 aromatic heterocycles. The third kappa shape index (κ3) is 6.39. The van der Waals surface area contributed by atoms with Gasteiger partial charge in [-0.2, -0.15) is 0 Å². The molecule has 0 spiro atoms. The van der Waals surface area contributed by atoms with Gasteiger partial charge < -0.3 is 15.0 Å². The lowest BCUT2D eigenvalue weighted by Gasteiger charge is -2.22. The lowest BCUT2D eigenvalue weighted by Crippen LogP contribution is -2.37. The number of anilines is 1. The number of hydrogen-bond acceptors (Lipinski definition) is 3. The standard InChI is InChI=1S/C20H25N3O2/c1-4-25-16(2)15-23(3)20(24)22-19-10-7-8-17(14-19)11-12-18-9-5-6-13-21-18/h5-14,16H,4,15H2,1-3H3,(H,22,24)/b12-11+/t16-/m1/s1. The lowest BCUT2D eigenvalue weighted by atomic mass is 10.1. The number of likely N-dealkylation sites (N-methyl/N-ethyl adjacent to an activating group) is 1. The summed E-state index contributed by atoms with van der Waals surface area (Å²) in [5.74, 6) is 0. The molecule has 0 fully saturated rings. The fraction of sp³-hybridized carbons (Fsp3) is 0.300. The maximum Gasteiger partial charge on any atom is 0.321 e. The number of ether oxygens (including phenoxy) is 1. The first-order chi connectivity index (χ1) is 12.1. The number of amides is 2. The Morgan fingerprint density at radius 2 is 2.12 bits per heavy atom. The highest BCUT2D eigenvalue weighted by Crippen LogP contribution is 2.14. The summed E-state index contributed by atoms with van der Waals surface area (Å²) < 4.78 is 5.47. The number of nitrogens with one attached hydrogen (secondary N) is 1. The van der Waals surface area contributed by atoms with Gasteiger partial charge in [0.05, 0.1) is 11.8 Å². The number of nitrogens with zero attached hydrogens (tertiary/aromatic N) is 2. The number of pyridine rings is 1. The third-order valence-electron chi connectivity index (χ3n) is 3.60. The largest absolute Gasteiger partial charge is 0.377 e. The van der Waals surface area contributed by atoms with Crippen LogP contribution in [0.3, 0.4) is 0 Å². The molecular formula is C20H25N3O2. The van der Waals surface area contributed by atoms with E-state index in [9.17, 15) is 4.79 Å². The van der Waals surface area contributed by atoms with Gasteiger partial charge in [-0.1, -0.05) is 24.3 Å². The summed E-state index contributed by atoms with van der Waals surface area (Å²) in [6.45, 7) is 5.08. The molecule has 0 aliphatic carbocycles. The van der Waals surface area contributed by atoms with E-state index in [1.165, 1.54) is 0 Å². The summed E-state index contributed by atoms with van der Waals surface area (Å²) in [6, 6.07) is 13.3. The molecule has 5 heteroatoms. The highest BCUT2D eigenvalue weighted by Gasteiger charge is 2.12. The van der Waals surface area contributed by atoms with Crippen molar-refractivity contribution in [1.82, 2.24) is 9.88 Å². The second-order valence-corrected chi connectivity index (χ2v) is 5.79. The molecule has 0 radical (unpaired) electrons. The maximum atomic E-state index is 12.3. The molecule has 0 unspecified atom stereocenters. The first-order valence-corrected chi connectivity index (χ1v) is 8.41. The number of carbonyl (C=O) groups excluding carboxylic acids is 1. The minimum atomic E-state index is -0.155. The Bertz CT molecular complexity index is 701. The van der Waals surface area contributed by atoms with E-state index in [0.29, 0.717) is 13.2 Å². The van der Waals surface area contributed by atoms with Crippen molar-refractivity contribution in [3.05, 3.63) is 59.9 Å². The second-order valence-electron chi connectivity index (χ2n) is 5.79. The molecule has 1 N–H and O–H groups in total. The first kappa shape index (κ1) is 18.7. The van der Waals surface area contributed by atoms with E-state index in [-0.39, 0.29) is 12.1 Å². The highest BCUT2D eigenvalue weighted by molar-refractivity contribution is 5.89. The summed E-state index contributed by atoms with van der Waals surface area (Å²) >= 11 is 0. The van der Waals surface area contributed by atoms with Crippen LogP contribution in [0.25, 0.3) is 12.2 Å². The summed E-state index contributed by atoms with van der Waals surface area (Å²) in [7, 11) is 1.76. The highest BCUT2D eigenvalue weighted by atomic mass is 16.5. The molecule has 1 aromatic carbocycles. The predicted octanol–water partition coefficient (Wildman–Crippen LogP) is 4.14. The molecule has 25 heavy (non-hydrogen) atoms. The monoisotopic (exact) mass is 339 g/mol. The van der Waals surface area contributed by atoms with E-state index in [1.807, 2.05) is 68.5 Å². The van der Waals surface area contributed by atoms with Gasteiger partial charge in [0.1, 0.15) is 0 Å². The van der Waals surface area contributed by atoms with Gasteiger partial charge in [-0.05, 0) is 49.8 Å². The zero-order chi connectivity index (χ0) is 18.1. The van der Waals surface area contributed by atoms with Crippen LogP contribution in [-0.2, 0) is 4.74 Å². The minimum absolute atomic E-state index is 0.00777. The van der Waals surface area contributed by atoms with Crippen molar-refractivity contribution in [1.29, 1.82) is 0 Å². The van der Waals surface area contributed by atoms with Crippen molar-refractivity contribution < 1.29 is 9.53 Å². The van der Waals surface area contributed by atoms with Crippen molar-refractivity contribution in [2.24, 2.45) is 0 Å². The number of aromatic nitrogens is 1. The van der Waals surface area contributed by atoms with E-state index in [0.717, 1.165) is 16.9 Å². The summed E-state index contributed by atoms with van der Waals surface area (Å²) in [4.78, 5) is 18.2. The van der Waals surface area contributed by atoms with Crippen LogP contribution in [0.4, 0.5) is 10.5 Å². The Kier molecular flexibility index (Phi) is 7.16. The van der Waals surface area contributed by atoms with Crippen LogP contribution < -0.4 is 5.32 Å². The van der Waals surface area contributed by atoms with E-state index in [2.05, 4.69) is 10.3 Å². The maximum absolute atomic E-state index is 12.3. The molecule has 132 valence electrons. The Hall–Kier alpha value is -2.66. The summed E-state index contributed by atoms with van der Waals surface area (Å²) in [5, 5.41) is 2.91. The lowest BCUT2D eigenvalue weighted by molar-refractivity contribution is 0.0594. The smallest absolute Gasteiger partial charge is 0.321 e. The zero-order valence-corrected chi connectivity index (χ0v) is 15.0. The van der Waals surface area contributed by atoms with E-state index < -0.39 is 0 Å². The van der Waals surface area contributed by atoms with Crippen LogP contribution in [0.5, 0.6) is 0 Å². The molecule has 2 rings (SSSR count). The Morgan fingerprint density at radius 3 is 2.84 bits per heavy atom. The summed E-state index contributed by atoms with van der Waals surface area (Å²) in [5.41, 5.74) is 2.64. The molecule has 0 aliphatic heterocycles. The van der Waals surface area contributed by atoms with Gasteiger partial charge in [-0.3, -0.25) is 4.98 Å². The van der Waals surface area contributed by atoms with E-state index >= 15 is 0 Å². The van der Waals surface area contributed by atoms with Crippen LogP contribution in [0.2, 0.25) is 0 Å². The van der Waals surface area contributed by atoms with Crippen molar-refractivity contribution in [3.63, 3.8) is 0 Å². The average molecular weight is 339 g/mol. The van der Waals surface area contributed by atoms with Gasteiger partial charge in [0.15, 0.2) is 0 Å². The molecule has 1 heterocycles. The van der Waals surface area contributed by atoms with Crippen LogP contribution in [-0.4, -0.2) is 42.2 Å². The molecule has 0 bridgehead atoms. The Labute approximate surface area is 149 Å². The fourth-order valence-electron chi connectivity index (χ4n) is 2.40. The molecule has 2 amide bonds. The SMILES string of the molecule is CCO[C@H](C)CN(C)C(=O)Nc1cccc(/C=C/c2ccccn2)c1. The van der Waals surface area contributed by atoms with E-state index in [4.69, 9.17) is 4.74 Å². The van der Waals surface area contributed by atoms with Crippen molar-refractivity contribution in [2.75, 3.05) is 25.5 Å². The first-order valence-electron chi connectivity index (χ1n) is 8.41. The Balaban J connectivity index is 1.96. The predicted molar refractivity (Wildman–Crippen MR) is 102 cm³/mol. The van der Waals surface area contributed by atoms with Crippen molar-refractivity contribution >= 4 is 23.9 Å². The van der Waals surface area contributed by atoms with Gasteiger partial charge in [0.2, 0.25) is 0 Å². The normalized spacial score (nSPS) is 12.1. The number of rotatable bonds is 7. The molecule has 0 saturated carbocycles. The third-order valence-corrected chi connectivity index (χ3v) is 3.60. The molecule has 2 aromatic rings. The molecular weight excluding hydrogens is 314 g/mol. The van der Waals surface area contributed by atoms with Gasteiger partial charge in [0.25, 0.3) is 0 Å². The number of benzene rings is 1. The van der Waals surface area contributed by atoms with Crippen LogP contribution >= 0.6 is 0 Å². The minimum Gasteiger partial charge on any atom is -0.377 e. The van der Waals surface area contributed by atoms with Crippen molar-refractivity contribution in [2.45, 2.75) is 20.0 Å². The number of urea groups is 1. The summed E-state index contributed by atoms with van der Waals surface area (Å²) in [6.07, 6.45) is 5.68. The van der Waals surface area contributed by atoms with Gasteiger partial charge in [0, 0.05) is 32.1 Å². The number of hydrogen-bond donors (Lipinski definition) is 1. The van der Waals surface area contributed by atoms with Crippen LogP contribution in [0, 0.1) is 0 Å². The topological polar surface area (TPSA) is 54.5 Å². The van der Waals surface area contributed by atoms with Gasteiger partial charge >= 0.3 is 6.03 Å². The van der Waals surface area contributed by atoms with Crippen molar-refractivity contribution in [3.8, 4) is 0 Å². The number of carbonyl (C=O) groups is 1. The van der Waals surface area contributed by atoms with E-state index in [1.54, 1.807) is 18.1 Å². The zero-order valence-electron chi connectivity index (χ0n) is 15.0. The van der Waals surface area contributed by atoms with Crippen LogP contribution in [0.15, 0.2) is 48.7 Å².